The van der Waals surface area contributed by atoms with Gasteiger partial charge in [0.15, 0.2) is 0 Å². The Morgan fingerprint density at radius 2 is 1.56 bits per heavy atom. The molecule has 5 heteroatoms. The van der Waals surface area contributed by atoms with Crippen molar-refractivity contribution in [3.05, 3.63) is 0 Å². The molecule has 0 radical (unpaired) electrons. The van der Waals surface area contributed by atoms with Crippen molar-refractivity contribution in [2.75, 3.05) is 13.2 Å². The van der Waals surface area contributed by atoms with E-state index >= 15 is 0 Å². The van der Waals surface area contributed by atoms with E-state index < -0.39 is 5.97 Å². The first-order valence-electron chi connectivity index (χ1n) is 10.3. The summed E-state index contributed by atoms with van der Waals surface area (Å²) in [4.78, 5) is 10.6. The number of carbonyl (C=O) groups is 1. The van der Waals surface area contributed by atoms with Gasteiger partial charge in [-0.3, -0.25) is 4.79 Å². The zero-order chi connectivity index (χ0) is 17.6. The Hall–Kier alpha value is -0.650. The van der Waals surface area contributed by atoms with Crippen LogP contribution in [0.5, 0.6) is 0 Å². The number of rotatable bonds is 14. The summed E-state index contributed by atoms with van der Waals surface area (Å²) in [5.41, 5.74) is 0. The summed E-state index contributed by atoms with van der Waals surface area (Å²) >= 11 is 0. The molecule has 6 atom stereocenters. The van der Waals surface area contributed by atoms with Crippen LogP contribution in [-0.4, -0.2) is 48.7 Å². The summed E-state index contributed by atoms with van der Waals surface area (Å²) in [6.45, 7) is 3.90. The fraction of sp³-hybridized carbons (Fsp3) is 0.950. The Kier molecular flexibility index (Phi) is 7.14. The Balaban J connectivity index is 1.34. The van der Waals surface area contributed by atoms with E-state index in [1.54, 1.807) is 0 Å². The lowest BCUT2D eigenvalue weighted by atomic mass is 9.77. The summed E-state index contributed by atoms with van der Waals surface area (Å²) < 4.78 is 18.0. The molecule has 0 saturated carbocycles. The number of unbranched alkanes of at least 4 members (excludes halogenated alkanes) is 6. The second-order valence-electron chi connectivity index (χ2n) is 7.94. The molecule has 3 rings (SSSR count). The number of carboxylic acids is 1. The maximum atomic E-state index is 10.6. The molecule has 3 aliphatic heterocycles. The minimum absolute atomic E-state index is 0.252. The van der Waals surface area contributed by atoms with E-state index in [1.807, 2.05) is 0 Å². The normalized spacial score (nSPS) is 35.1. The molecule has 0 spiro atoms. The number of carboxylic acid groups (broad SMARTS) is 1. The Morgan fingerprint density at radius 3 is 2.32 bits per heavy atom. The third-order valence-electron chi connectivity index (χ3n) is 6.05. The maximum absolute atomic E-state index is 10.6. The predicted octanol–water partition coefficient (Wildman–Crippen LogP) is 3.79. The quantitative estimate of drug-likeness (QED) is 0.380. The Bertz CT molecular complexity index is 426. The van der Waals surface area contributed by atoms with Gasteiger partial charge < -0.3 is 19.3 Å². The lowest BCUT2D eigenvalue weighted by Gasteiger charge is -2.26. The van der Waals surface area contributed by atoms with Crippen LogP contribution in [-0.2, 0) is 19.0 Å². The number of fused-ring (bicyclic) bond motifs is 5. The molecule has 6 unspecified atom stereocenters. The minimum Gasteiger partial charge on any atom is -0.481 e. The second kappa shape index (κ2) is 9.33. The van der Waals surface area contributed by atoms with Crippen LogP contribution in [0.4, 0.5) is 0 Å². The highest BCUT2D eigenvalue weighted by Crippen LogP contribution is 2.55. The van der Waals surface area contributed by atoms with Crippen LogP contribution in [0.3, 0.4) is 0 Å². The summed E-state index contributed by atoms with van der Waals surface area (Å²) in [5, 5.41) is 8.69. The molecule has 0 aromatic heterocycles. The molecule has 0 aromatic rings. The van der Waals surface area contributed by atoms with Crippen molar-refractivity contribution in [2.45, 2.75) is 95.5 Å². The summed E-state index contributed by atoms with van der Waals surface area (Å²) in [6.07, 6.45) is 11.7. The largest absolute Gasteiger partial charge is 0.481 e. The van der Waals surface area contributed by atoms with E-state index in [-0.39, 0.29) is 12.2 Å². The van der Waals surface area contributed by atoms with E-state index in [0.717, 1.165) is 51.7 Å². The van der Waals surface area contributed by atoms with Crippen LogP contribution < -0.4 is 0 Å². The van der Waals surface area contributed by atoms with Gasteiger partial charge in [0.05, 0.1) is 18.8 Å². The molecular formula is C20H34O5. The van der Waals surface area contributed by atoms with Gasteiger partial charge in [-0.15, -0.1) is 0 Å². The molecule has 3 fully saturated rings. The monoisotopic (exact) mass is 354 g/mol. The van der Waals surface area contributed by atoms with E-state index in [0.29, 0.717) is 30.5 Å². The maximum Gasteiger partial charge on any atom is 0.303 e. The average molecular weight is 354 g/mol. The van der Waals surface area contributed by atoms with Crippen molar-refractivity contribution in [1.29, 1.82) is 0 Å². The highest BCUT2D eigenvalue weighted by molar-refractivity contribution is 5.66. The molecular weight excluding hydrogens is 320 g/mol. The van der Waals surface area contributed by atoms with Gasteiger partial charge in [0.25, 0.3) is 0 Å². The van der Waals surface area contributed by atoms with Crippen LogP contribution in [0, 0.1) is 11.8 Å². The fourth-order valence-electron chi connectivity index (χ4n) is 4.63. The summed E-state index contributed by atoms with van der Waals surface area (Å²) in [7, 11) is 0. The molecule has 3 saturated heterocycles. The second-order valence-corrected chi connectivity index (χ2v) is 7.94. The third-order valence-corrected chi connectivity index (χ3v) is 6.05. The van der Waals surface area contributed by atoms with Crippen LogP contribution in [0.1, 0.15) is 71.1 Å². The van der Waals surface area contributed by atoms with Gasteiger partial charge in [0, 0.05) is 18.9 Å². The molecule has 0 aliphatic carbocycles. The third kappa shape index (κ3) is 4.95. The topological polar surface area (TPSA) is 68.3 Å². The fourth-order valence-corrected chi connectivity index (χ4v) is 4.63. The van der Waals surface area contributed by atoms with Crippen molar-refractivity contribution < 1.29 is 24.1 Å². The number of epoxide rings is 1. The first-order chi connectivity index (χ1) is 12.2. The number of aliphatic carboxylic acids is 1. The molecule has 5 nitrogen and oxygen atoms in total. The number of ether oxygens (including phenoxy) is 3. The zero-order valence-corrected chi connectivity index (χ0v) is 15.5. The number of hydrogen-bond acceptors (Lipinski definition) is 4. The Labute approximate surface area is 151 Å². The molecule has 144 valence electrons. The van der Waals surface area contributed by atoms with Gasteiger partial charge in [-0.25, -0.2) is 0 Å². The van der Waals surface area contributed by atoms with Crippen LogP contribution in [0.25, 0.3) is 0 Å². The standard InChI is InChI=1S/C20H34O5/c1-2-3-4-9-12-23-13-15-14(10-7-5-6-8-11-16(21)22)17-19-20(25-19)18(15)24-17/h14-15,17-20H,2-13H2,1H3,(H,21,22). The van der Waals surface area contributed by atoms with Gasteiger partial charge >= 0.3 is 5.97 Å². The van der Waals surface area contributed by atoms with Crippen LogP contribution in [0.15, 0.2) is 0 Å². The molecule has 0 amide bonds. The lowest BCUT2D eigenvalue weighted by Crippen LogP contribution is -2.35. The van der Waals surface area contributed by atoms with Crippen molar-refractivity contribution in [1.82, 2.24) is 0 Å². The molecule has 1 N–H and O–H groups in total. The predicted molar refractivity (Wildman–Crippen MR) is 94.6 cm³/mol. The molecule has 25 heavy (non-hydrogen) atoms. The SMILES string of the molecule is CCCCCCOCC1C(CCCCCCC(=O)O)C2OC1C1OC21. The Morgan fingerprint density at radius 1 is 0.880 bits per heavy atom. The zero-order valence-electron chi connectivity index (χ0n) is 15.5. The summed E-state index contributed by atoms with van der Waals surface area (Å²) in [6, 6.07) is 0. The molecule has 2 bridgehead atoms. The highest BCUT2D eigenvalue weighted by atomic mass is 16.7. The summed E-state index contributed by atoms with van der Waals surface area (Å²) in [5.74, 6) is 0.359. The van der Waals surface area contributed by atoms with Gasteiger partial charge in [0.1, 0.15) is 12.2 Å². The lowest BCUT2D eigenvalue weighted by molar-refractivity contribution is -0.137. The smallest absolute Gasteiger partial charge is 0.303 e. The van der Waals surface area contributed by atoms with Crippen molar-refractivity contribution in [3.63, 3.8) is 0 Å². The minimum atomic E-state index is -0.686. The molecule has 0 aromatic carbocycles. The molecule has 3 heterocycles. The van der Waals surface area contributed by atoms with Gasteiger partial charge in [-0.2, -0.15) is 0 Å². The average Bonchev–Trinajstić information content (AvgIpc) is 3.22. The van der Waals surface area contributed by atoms with Gasteiger partial charge in [-0.1, -0.05) is 45.4 Å². The van der Waals surface area contributed by atoms with Crippen molar-refractivity contribution >= 4 is 5.97 Å². The van der Waals surface area contributed by atoms with E-state index in [4.69, 9.17) is 19.3 Å². The number of hydrogen-bond donors (Lipinski definition) is 1. The van der Waals surface area contributed by atoms with Crippen molar-refractivity contribution in [2.24, 2.45) is 11.8 Å². The van der Waals surface area contributed by atoms with E-state index in [9.17, 15) is 4.79 Å². The van der Waals surface area contributed by atoms with Crippen LogP contribution >= 0.6 is 0 Å². The first kappa shape index (κ1) is 19.1. The van der Waals surface area contributed by atoms with Gasteiger partial charge in [0.2, 0.25) is 0 Å². The molecule has 3 aliphatic rings. The highest BCUT2D eigenvalue weighted by Gasteiger charge is 2.68. The first-order valence-corrected chi connectivity index (χ1v) is 10.3. The van der Waals surface area contributed by atoms with E-state index in [2.05, 4.69) is 6.92 Å². The van der Waals surface area contributed by atoms with Crippen molar-refractivity contribution in [3.8, 4) is 0 Å². The van der Waals surface area contributed by atoms with Crippen LogP contribution in [0.2, 0.25) is 0 Å². The van der Waals surface area contributed by atoms with Gasteiger partial charge in [-0.05, 0) is 25.2 Å². The van der Waals surface area contributed by atoms with E-state index in [1.165, 1.54) is 19.3 Å².